The van der Waals surface area contributed by atoms with Crippen LogP contribution in [0, 0.1) is 5.92 Å². The molecule has 4 heteroatoms. The molecule has 0 aliphatic heterocycles. The third-order valence-corrected chi connectivity index (χ3v) is 2.74. The summed E-state index contributed by atoms with van der Waals surface area (Å²) < 4.78 is 5.34. The number of carbonyl (C=O) groups is 1. The molecule has 0 bridgehead atoms. The average molecular weight is 245 g/mol. The Bertz CT molecular complexity index is 219. The summed E-state index contributed by atoms with van der Waals surface area (Å²) in [6.45, 7) is 10.1. The third-order valence-electron chi connectivity index (χ3n) is 2.74. The Morgan fingerprint density at radius 3 is 2.24 bits per heavy atom. The standard InChI is InChI=1S/C13H27NO3/c1-6-10(7-2)11(15)8-14-12(16)9-17-13(3,4)5/h10-11,15H,6-9H2,1-5H3,(H,14,16). The summed E-state index contributed by atoms with van der Waals surface area (Å²) in [5, 5.41) is 12.5. The van der Waals surface area contributed by atoms with Crippen LogP contribution in [0.4, 0.5) is 0 Å². The van der Waals surface area contributed by atoms with Gasteiger partial charge in [-0.25, -0.2) is 0 Å². The maximum absolute atomic E-state index is 11.4. The largest absolute Gasteiger partial charge is 0.391 e. The van der Waals surface area contributed by atoms with E-state index in [1.165, 1.54) is 0 Å². The molecule has 0 saturated carbocycles. The molecule has 0 radical (unpaired) electrons. The zero-order chi connectivity index (χ0) is 13.5. The van der Waals surface area contributed by atoms with Crippen molar-refractivity contribution >= 4 is 5.91 Å². The van der Waals surface area contributed by atoms with Gasteiger partial charge in [0.05, 0.1) is 11.7 Å². The molecule has 1 atom stereocenters. The van der Waals surface area contributed by atoms with Crippen LogP contribution in [0.2, 0.25) is 0 Å². The second-order valence-electron chi connectivity index (χ2n) is 5.35. The average Bonchev–Trinajstić information content (AvgIpc) is 2.24. The van der Waals surface area contributed by atoms with Gasteiger partial charge in [-0.3, -0.25) is 4.79 Å². The highest BCUT2D eigenvalue weighted by Crippen LogP contribution is 2.12. The van der Waals surface area contributed by atoms with Crippen molar-refractivity contribution < 1.29 is 14.6 Å². The second kappa shape index (κ2) is 7.67. The molecule has 0 spiro atoms. The normalized spacial score (nSPS) is 13.8. The van der Waals surface area contributed by atoms with Crippen LogP contribution in [-0.4, -0.2) is 35.9 Å². The number of aliphatic hydroxyl groups is 1. The Balaban J connectivity index is 3.84. The van der Waals surface area contributed by atoms with Crippen LogP contribution < -0.4 is 5.32 Å². The number of carbonyl (C=O) groups excluding carboxylic acids is 1. The number of nitrogens with one attached hydrogen (secondary N) is 1. The van der Waals surface area contributed by atoms with Gasteiger partial charge in [-0.15, -0.1) is 0 Å². The highest BCUT2D eigenvalue weighted by molar-refractivity contribution is 5.77. The molecule has 0 aromatic carbocycles. The third kappa shape index (κ3) is 8.16. The molecule has 0 aromatic heterocycles. The van der Waals surface area contributed by atoms with E-state index < -0.39 is 6.10 Å². The van der Waals surface area contributed by atoms with Gasteiger partial charge in [0.15, 0.2) is 0 Å². The van der Waals surface area contributed by atoms with Crippen LogP contribution >= 0.6 is 0 Å². The molecule has 0 aromatic rings. The van der Waals surface area contributed by atoms with Crippen LogP contribution in [0.5, 0.6) is 0 Å². The van der Waals surface area contributed by atoms with E-state index in [0.29, 0.717) is 6.54 Å². The Morgan fingerprint density at radius 2 is 1.82 bits per heavy atom. The van der Waals surface area contributed by atoms with E-state index in [4.69, 9.17) is 4.74 Å². The summed E-state index contributed by atoms with van der Waals surface area (Å²) in [4.78, 5) is 11.4. The van der Waals surface area contributed by atoms with Crippen LogP contribution in [0.1, 0.15) is 47.5 Å². The van der Waals surface area contributed by atoms with E-state index in [9.17, 15) is 9.90 Å². The number of aliphatic hydroxyl groups excluding tert-OH is 1. The van der Waals surface area contributed by atoms with Gasteiger partial charge in [0.25, 0.3) is 0 Å². The lowest BCUT2D eigenvalue weighted by molar-refractivity contribution is -0.131. The van der Waals surface area contributed by atoms with Gasteiger partial charge in [-0.05, 0) is 26.7 Å². The fourth-order valence-electron chi connectivity index (χ4n) is 1.55. The first-order valence-electron chi connectivity index (χ1n) is 6.38. The first-order valence-corrected chi connectivity index (χ1v) is 6.38. The van der Waals surface area contributed by atoms with Crippen molar-refractivity contribution in [3.63, 3.8) is 0 Å². The molecule has 4 nitrogen and oxygen atoms in total. The predicted molar refractivity (Wildman–Crippen MR) is 68.8 cm³/mol. The van der Waals surface area contributed by atoms with Gasteiger partial charge in [-0.1, -0.05) is 26.7 Å². The van der Waals surface area contributed by atoms with Crippen molar-refractivity contribution in [1.82, 2.24) is 5.32 Å². The van der Waals surface area contributed by atoms with E-state index in [1.54, 1.807) is 0 Å². The van der Waals surface area contributed by atoms with Crippen molar-refractivity contribution in [2.75, 3.05) is 13.2 Å². The van der Waals surface area contributed by atoms with Crippen molar-refractivity contribution in [2.24, 2.45) is 5.92 Å². The number of amides is 1. The minimum Gasteiger partial charge on any atom is -0.391 e. The van der Waals surface area contributed by atoms with Crippen LogP contribution in [0.3, 0.4) is 0 Å². The summed E-state index contributed by atoms with van der Waals surface area (Å²) in [7, 11) is 0. The SMILES string of the molecule is CCC(CC)C(O)CNC(=O)COC(C)(C)C. The molecule has 1 unspecified atom stereocenters. The van der Waals surface area contributed by atoms with Crippen LogP contribution in [0.15, 0.2) is 0 Å². The molecule has 17 heavy (non-hydrogen) atoms. The number of ether oxygens (including phenoxy) is 1. The van der Waals surface area contributed by atoms with Gasteiger partial charge < -0.3 is 15.2 Å². The molecular formula is C13H27NO3. The van der Waals surface area contributed by atoms with Gasteiger partial charge >= 0.3 is 0 Å². The van der Waals surface area contributed by atoms with E-state index in [1.807, 2.05) is 34.6 Å². The zero-order valence-electron chi connectivity index (χ0n) is 11.7. The lowest BCUT2D eigenvalue weighted by Crippen LogP contribution is -2.39. The maximum atomic E-state index is 11.4. The Hall–Kier alpha value is -0.610. The monoisotopic (exact) mass is 245 g/mol. The smallest absolute Gasteiger partial charge is 0.246 e. The lowest BCUT2D eigenvalue weighted by atomic mass is 9.96. The van der Waals surface area contributed by atoms with Gasteiger partial charge in [-0.2, -0.15) is 0 Å². The molecule has 0 fully saturated rings. The predicted octanol–water partition coefficient (Wildman–Crippen LogP) is 1.71. The number of hydrogen-bond donors (Lipinski definition) is 2. The summed E-state index contributed by atoms with van der Waals surface area (Å²) in [6, 6.07) is 0. The lowest BCUT2D eigenvalue weighted by Gasteiger charge is -2.22. The van der Waals surface area contributed by atoms with Crippen LogP contribution in [-0.2, 0) is 9.53 Å². The molecule has 0 aliphatic rings. The van der Waals surface area contributed by atoms with Gasteiger partial charge in [0.1, 0.15) is 6.61 Å². The summed E-state index contributed by atoms with van der Waals surface area (Å²) in [5.41, 5.74) is -0.314. The number of hydrogen-bond acceptors (Lipinski definition) is 3. The molecule has 0 aliphatic carbocycles. The van der Waals surface area contributed by atoms with E-state index >= 15 is 0 Å². The van der Waals surface area contributed by atoms with Gasteiger partial charge in [0, 0.05) is 6.54 Å². The molecule has 1 amide bonds. The summed E-state index contributed by atoms with van der Waals surface area (Å²) in [6.07, 6.45) is 1.38. The Morgan fingerprint density at radius 1 is 1.29 bits per heavy atom. The van der Waals surface area contributed by atoms with E-state index in [0.717, 1.165) is 12.8 Å². The van der Waals surface area contributed by atoms with E-state index in [-0.39, 0.29) is 24.0 Å². The van der Waals surface area contributed by atoms with Gasteiger partial charge in [0.2, 0.25) is 5.91 Å². The molecular weight excluding hydrogens is 218 g/mol. The van der Waals surface area contributed by atoms with Crippen molar-refractivity contribution in [3.8, 4) is 0 Å². The fourth-order valence-corrected chi connectivity index (χ4v) is 1.55. The zero-order valence-corrected chi connectivity index (χ0v) is 11.7. The Kier molecular flexibility index (Phi) is 7.39. The van der Waals surface area contributed by atoms with E-state index in [2.05, 4.69) is 5.32 Å². The summed E-state index contributed by atoms with van der Waals surface area (Å²) >= 11 is 0. The fraction of sp³-hybridized carbons (Fsp3) is 0.923. The highest BCUT2D eigenvalue weighted by Gasteiger charge is 2.17. The van der Waals surface area contributed by atoms with Crippen molar-refractivity contribution in [2.45, 2.75) is 59.2 Å². The van der Waals surface area contributed by atoms with Crippen molar-refractivity contribution in [3.05, 3.63) is 0 Å². The Labute approximate surface area is 105 Å². The topological polar surface area (TPSA) is 58.6 Å². The molecule has 0 heterocycles. The molecule has 0 saturated heterocycles. The first kappa shape index (κ1) is 16.4. The van der Waals surface area contributed by atoms with Crippen molar-refractivity contribution in [1.29, 1.82) is 0 Å². The highest BCUT2D eigenvalue weighted by atomic mass is 16.5. The second-order valence-corrected chi connectivity index (χ2v) is 5.35. The maximum Gasteiger partial charge on any atom is 0.246 e. The molecule has 102 valence electrons. The number of rotatable bonds is 7. The molecule has 0 rings (SSSR count). The summed E-state index contributed by atoms with van der Waals surface area (Å²) in [5.74, 6) is 0.0729. The quantitative estimate of drug-likeness (QED) is 0.718. The minimum atomic E-state index is -0.469. The van der Waals surface area contributed by atoms with Crippen LogP contribution in [0.25, 0.3) is 0 Å². The minimum absolute atomic E-state index is 0.0408. The molecule has 2 N–H and O–H groups in total. The first-order chi connectivity index (χ1) is 7.80.